The summed E-state index contributed by atoms with van der Waals surface area (Å²) >= 11 is 0. The van der Waals surface area contributed by atoms with Crippen molar-refractivity contribution in [2.45, 2.75) is 6.92 Å². The second-order valence-electron chi connectivity index (χ2n) is 3.88. The number of likely N-dealkylation sites (N-methyl/N-ethyl adjacent to an activating group) is 1. The van der Waals surface area contributed by atoms with E-state index in [1.165, 1.54) is 5.57 Å². The molecule has 1 heterocycles. The molecule has 78 valence electrons. The number of anilines is 1. The van der Waals surface area contributed by atoms with E-state index in [9.17, 15) is 10.0 Å². The van der Waals surface area contributed by atoms with Crippen molar-refractivity contribution in [2.24, 2.45) is 0 Å². The van der Waals surface area contributed by atoms with Crippen LogP contribution in [-0.2, 0) is 0 Å². The predicted octanol–water partition coefficient (Wildman–Crippen LogP) is 0.219. The molecule has 0 bridgehead atoms. The molecule has 0 aromatic heterocycles. The van der Waals surface area contributed by atoms with E-state index >= 15 is 0 Å². The Morgan fingerprint density at radius 2 is 2.07 bits per heavy atom. The molecule has 1 aromatic rings. The van der Waals surface area contributed by atoms with Crippen LogP contribution in [0.3, 0.4) is 0 Å². The van der Waals surface area contributed by atoms with Crippen LogP contribution in [-0.4, -0.2) is 30.8 Å². The first-order valence-electron chi connectivity index (χ1n) is 4.98. The molecule has 0 aliphatic carbocycles. The molecular formula is C11H14BNO2. The number of fused-ring (bicyclic) bond motifs is 1. The fraction of sp³-hybridized carbons (Fsp3) is 0.273. The number of para-hydroxylation sites is 1. The highest BCUT2D eigenvalue weighted by atomic mass is 16.4. The fourth-order valence-corrected chi connectivity index (χ4v) is 1.99. The average Bonchev–Trinajstić information content (AvgIpc) is 2.23. The van der Waals surface area contributed by atoms with E-state index in [1.54, 1.807) is 6.07 Å². The van der Waals surface area contributed by atoms with Crippen LogP contribution in [0.25, 0.3) is 5.57 Å². The first-order valence-corrected chi connectivity index (χ1v) is 4.98. The summed E-state index contributed by atoms with van der Waals surface area (Å²) in [6, 6.07) is 5.60. The van der Waals surface area contributed by atoms with Gasteiger partial charge >= 0.3 is 7.12 Å². The average molecular weight is 203 g/mol. The van der Waals surface area contributed by atoms with E-state index in [4.69, 9.17) is 0 Å². The van der Waals surface area contributed by atoms with Gasteiger partial charge in [-0.2, -0.15) is 0 Å². The Morgan fingerprint density at radius 3 is 2.73 bits per heavy atom. The van der Waals surface area contributed by atoms with Crippen LogP contribution < -0.4 is 10.4 Å². The van der Waals surface area contributed by atoms with Crippen molar-refractivity contribution in [3.8, 4) is 0 Å². The maximum atomic E-state index is 9.29. The highest BCUT2D eigenvalue weighted by molar-refractivity contribution is 6.60. The van der Waals surface area contributed by atoms with Crippen molar-refractivity contribution in [2.75, 3.05) is 18.5 Å². The number of benzene rings is 1. The molecule has 15 heavy (non-hydrogen) atoms. The Labute approximate surface area is 89.8 Å². The molecule has 0 radical (unpaired) electrons. The molecule has 0 atom stereocenters. The zero-order valence-electron chi connectivity index (χ0n) is 8.94. The highest BCUT2D eigenvalue weighted by Crippen LogP contribution is 2.28. The minimum Gasteiger partial charge on any atom is -0.423 e. The number of hydrogen-bond acceptors (Lipinski definition) is 3. The Morgan fingerprint density at radius 1 is 1.33 bits per heavy atom. The summed E-state index contributed by atoms with van der Waals surface area (Å²) in [5.41, 5.74) is 3.76. The standard InChI is InChI=1S/C11H14BNO2/c1-8-6-7-13(2)11-9(8)4-3-5-10(11)12(14)15/h3-6,14-15H,7H2,1-2H3. The lowest BCUT2D eigenvalue weighted by Gasteiger charge is -2.28. The van der Waals surface area contributed by atoms with Crippen LogP contribution in [0.15, 0.2) is 24.3 Å². The van der Waals surface area contributed by atoms with Crippen LogP contribution >= 0.6 is 0 Å². The Bertz CT molecular complexity index is 415. The smallest absolute Gasteiger partial charge is 0.423 e. The first-order chi connectivity index (χ1) is 7.11. The summed E-state index contributed by atoms with van der Waals surface area (Å²) in [4.78, 5) is 2.02. The molecule has 1 aromatic carbocycles. The van der Waals surface area contributed by atoms with Gasteiger partial charge in [-0.1, -0.05) is 24.3 Å². The third kappa shape index (κ3) is 1.66. The van der Waals surface area contributed by atoms with Gasteiger partial charge in [-0.3, -0.25) is 0 Å². The molecule has 0 fully saturated rings. The molecule has 0 unspecified atom stereocenters. The summed E-state index contributed by atoms with van der Waals surface area (Å²) in [7, 11) is 0.543. The molecular weight excluding hydrogens is 189 g/mol. The summed E-state index contributed by atoms with van der Waals surface area (Å²) < 4.78 is 0. The van der Waals surface area contributed by atoms with Crippen molar-refractivity contribution in [3.05, 3.63) is 29.8 Å². The van der Waals surface area contributed by atoms with Crippen molar-refractivity contribution in [1.29, 1.82) is 0 Å². The largest absolute Gasteiger partial charge is 0.490 e. The molecule has 1 aliphatic heterocycles. The molecule has 3 nitrogen and oxygen atoms in total. The van der Waals surface area contributed by atoms with E-state index in [0.717, 1.165) is 17.8 Å². The molecule has 2 rings (SSSR count). The number of rotatable bonds is 1. The summed E-state index contributed by atoms with van der Waals surface area (Å²) in [5, 5.41) is 18.6. The van der Waals surface area contributed by atoms with Gasteiger partial charge in [-0.05, 0) is 12.5 Å². The van der Waals surface area contributed by atoms with E-state index in [0.29, 0.717) is 5.46 Å². The second kappa shape index (κ2) is 3.72. The topological polar surface area (TPSA) is 43.7 Å². The van der Waals surface area contributed by atoms with Crippen molar-refractivity contribution in [3.63, 3.8) is 0 Å². The monoisotopic (exact) mass is 203 g/mol. The zero-order valence-corrected chi connectivity index (χ0v) is 8.94. The van der Waals surface area contributed by atoms with Crippen molar-refractivity contribution in [1.82, 2.24) is 0 Å². The second-order valence-corrected chi connectivity index (χ2v) is 3.88. The van der Waals surface area contributed by atoms with Crippen LogP contribution in [0.4, 0.5) is 5.69 Å². The number of hydrogen-bond donors (Lipinski definition) is 2. The maximum absolute atomic E-state index is 9.29. The van der Waals surface area contributed by atoms with Crippen LogP contribution in [0.2, 0.25) is 0 Å². The molecule has 4 heteroatoms. The molecule has 0 spiro atoms. The maximum Gasteiger partial charge on any atom is 0.490 e. The zero-order chi connectivity index (χ0) is 11.0. The predicted molar refractivity (Wildman–Crippen MR) is 63.2 cm³/mol. The number of nitrogens with zero attached hydrogens (tertiary/aromatic N) is 1. The van der Waals surface area contributed by atoms with Crippen LogP contribution in [0.1, 0.15) is 12.5 Å². The Balaban J connectivity index is 2.63. The van der Waals surface area contributed by atoms with Crippen molar-refractivity contribution < 1.29 is 10.0 Å². The molecule has 1 aliphatic rings. The van der Waals surface area contributed by atoms with E-state index in [1.807, 2.05) is 31.0 Å². The van der Waals surface area contributed by atoms with Crippen molar-refractivity contribution >= 4 is 23.8 Å². The van der Waals surface area contributed by atoms with Gasteiger partial charge in [0.15, 0.2) is 0 Å². The minimum atomic E-state index is -1.41. The summed E-state index contributed by atoms with van der Waals surface area (Å²) in [6.07, 6.45) is 2.13. The van der Waals surface area contributed by atoms with Gasteiger partial charge in [0.2, 0.25) is 0 Å². The van der Waals surface area contributed by atoms with E-state index in [2.05, 4.69) is 6.08 Å². The van der Waals surface area contributed by atoms with Crippen LogP contribution in [0, 0.1) is 0 Å². The Kier molecular flexibility index (Phi) is 2.55. The first kappa shape index (κ1) is 10.3. The summed E-state index contributed by atoms with van der Waals surface area (Å²) in [6.45, 7) is 2.85. The lowest BCUT2D eigenvalue weighted by molar-refractivity contribution is 0.426. The third-order valence-corrected chi connectivity index (χ3v) is 2.82. The number of allylic oxidation sites excluding steroid dienone is 1. The lowest BCUT2D eigenvalue weighted by Crippen LogP contribution is -2.37. The minimum absolute atomic E-state index is 0.572. The van der Waals surface area contributed by atoms with Gasteiger partial charge < -0.3 is 14.9 Å². The van der Waals surface area contributed by atoms with Crippen LogP contribution in [0.5, 0.6) is 0 Å². The summed E-state index contributed by atoms with van der Waals surface area (Å²) in [5.74, 6) is 0. The highest BCUT2D eigenvalue weighted by Gasteiger charge is 2.23. The fourth-order valence-electron chi connectivity index (χ4n) is 1.99. The molecule has 0 saturated heterocycles. The Hall–Kier alpha value is -1.26. The SMILES string of the molecule is CC1=CCN(C)c2c(B(O)O)cccc21. The van der Waals surface area contributed by atoms with Gasteiger partial charge in [0.1, 0.15) is 0 Å². The van der Waals surface area contributed by atoms with Gasteiger partial charge in [-0.25, -0.2) is 0 Å². The van der Waals surface area contributed by atoms with Gasteiger partial charge in [-0.15, -0.1) is 0 Å². The molecule has 0 amide bonds. The molecule has 2 N–H and O–H groups in total. The van der Waals surface area contributed by atoms with E-state index < -0.39 is 7.12 Å². The normalized spacial score (nSPS) is 14.7. The third-order valence-electron chi connectivity index (χ3n) is 2.82. The van der Waals surface area contributed by atoms with Gasteiger partial charge in [0.05, 0.1) is 0 Å². The quantitative estimate of drug-likeness (QED) is 0.641. The molecule has 0 saturated carbocycles. The lowest BCUT2D eigenvalue weighted by atomic mass is 9.76. The van der Waals surface area contributed by atoms with E-state index in [-0.39, 0.29) is 0 Å². The van der Waals surface area contributed by atoms with Gasteiger partial charge in [0, 0.05) is 30.3 Å². The van der Waals surface area contributed by atoms with Gasteiger partial charge in [0.25, 0.3) is 0 Å².